The van der Waals surface area contributed by atoms with Crippen molar-refractivity contribution < 1.29 is 5.11 Å². The third kappa shape index (κ3) is 5.32. The minimum Gasteiger partial charge on any atom is -0.393 e. The summed E-state index contributed by atoms with van der Waals surface area (Å²) in [7, 11) is 0. The summed E-state index contributed by atoms with van der Waals surface area (Å²) >= 11 is 20.6. The van der Waals surface area contributed by atoms with Crippen molar-refractivity contribution in [3.63, 3.8) is 0 Å². The van der Waals surface area contributed by atoms with Crippen LogP contribution < -0.4 is 4.90 Å². The van der Waals surface area contributed by atoms with Gasteiger partial charge in [0, 0.05) is 13.1 Å². The lowest BCUT2D eigenvalue weighted by Crippen LogP contribution is -2.37. The van der Waals surface area contributed by atoms with Crippen LogP contribution in [0.2, 0.25) is 0 Å². The first kappa shape index (κ1) is 19.0. The molecule has 1 fully saturated rings. The van der Waals surface area contributed by atoms with Crippen LogP contribution in [0.1, 0.15) is 24.5 Å². The maximum atomic E-state index is 9.62. The van der Waals surface area contributed by atoms with Gasteiger partial charge in [0.15, 0.2) is 15.9 Å². The van der Waals surface area contributed by atoms with Crippen molar-refractivity contribution in [1.82, 2.24) is 15.0 Å². The number of hydrogen-bond donors (Lipinski definition) is 1. The van der Waals surface area contributed by atoms with E-state index in [4.69, 9.17) is 0 Å². The molecular formula is C10H10Br6N4O. The molecule has 0 atom stereocenters. The fourth-order valence-corrected chi connectivity index (χ4v) is 2.89. The number of aliphatic hydroxyl groups excluding tert-OH is 1. The van der Waals surface area contributed by atoms with Crippen LogP contribution in [0.3, 0.4) is 0 Å². The highest BCUT2D eigenvalue weighted by atomic mass is 80.0. The second kappa shape index (κ2) is 7.26. The number of alkyl halides is 6. The summed E-state index contributed by atoms with van der Waals surface area (Å²) in [6.07, 6.45) is 1.17. The smallest absolute Gasteiger partial charge is 0.229 e. The highest BCUT2D eigenvalue weighted by molar-refractivity contribution is 9.39. The van der Waals surface area contributed by atoms with E-state index in [2.05, 4.69) is 111 Å². The fraction of sp³-hybridized carbons (Fsp3) is 0.700. The van der Waals surface area contributed by atoms with E-state index < -0.39 is 4.29 Å². The van der Waals surface area contributed by atoms with Crippen LogP contribution in [0.5, 0.6) is 0 Å². The number of aliphatic hydroxyl groups is 1. The van der Waals surface area contributed by atoms with Crippen LogP contribution in [0.15, 0.2) is 0 Å². The van der Waals surface area contributed by atoms with Gasteiger partial charge in [0.1, 0.15) is 0 Å². The Morgan fingerprint density at radius 1 is 0.857 bits per heavy atom. The Morgan fingerprint density at radius 3 is 1.67 bits per heavy atom. The predicted octanol–water partition coefficient (Wildman–Crippen LogP) is 4.42. The average Bonchev–Trinajstić information content (AvgIpc) is 2.37. The van der Waals surface area contributed by atoms with Gasteiger partial charge < -0.3 is 10.0 Å². The summed E-state index contributed by atoms with van der Waals surface area (Å²) in [5, 5.41) is 9.62. The van der Waals surface area contributed by atoms with Gasteiger partial charge in [-0.15, -0.1) is 0 Å². The van der Waals surface area contributed by atoms with E-state index in [-0.39, 0.29) is 6.10 Å². The van der Waals surface area contributed by atoms with Crippen molar-refractivity contribution in [3.05, 3.63) is 11.6 Å². The number of nitrogens with zero attached hydrogens (tertiary/aromatic N) is 4. The minimum absolute atomic E-state index is 0.243. The number of anilines is 1. The summed E-state index contributed by atoms with van der Waals surface area (Å²) < 4.78 is -1.46. The van der Waals surface area contributed by atoms with Crippen molar-refractivity contribution in [2.75, 3.05) is 18.0 Å². The molecule has 0 spiro atoms. The summed E-state index contributed by atoms with van der Waals surface area (Å²) in [6, 6.07) is 0. The number of halogens is 6. The second-order valence-electron chi connectivity index (χ2n) is 4.50. The Morgan fingerprint density at radius 2 is 1.29 bits per heavy atom. The zero-order chi connectivity index (χ0) is 15.8. The molecule has 1 saturated heterocycles. The van der Waals surface area contributed by atoms with Gasteiger partial charge in [-0.1, -0.05) is 95.6 Å². The Labute approximate surface area is 172 Å². The van der Waals surface area contributed by atoms with E-state index in [1.807, 2.05) is 4.90 Å². The standard InChI is InChI=1S/C10H10Br6N4O/c11-9(12,13)6-17-7(10(14,15)16)19-8(18-6)20-3-1-5(21)2-4-20/h5,21H,1-4H2. The molecule has 0 saturated carbocycles. The van der Waals surface area contributed by atoms with E-state index in [9.17, 15) is 5.11 Å². The van der Waals surface area contributed by atoms with E-state index in [0.29, 0.717) is 43.5 Å². The second-order valence-corrected chi connectivity index (χ2v) is 18.0. The van der Waals surface area contributed by atoms with Gasteiger partial charge in [0.2, 0.25) is 5.95 Å². The molecule has 0 aromatic carbocycles. The summed E-state index contributed by atoms with van der Waals surface area (Å²) in [5.41, 5.74) is 0. The van der Waals surface area contributed by atoms with E-state index >= 15 is 0 Å². The molecule has 1 aliphatic heterocycles. The largest absolute Gasteiger partial charge is 0.393 e. The highest BCUT2D eigenvalue weighted by Gasteiger charge is 2.33. The maximum Gasteiger partial charge on any atom is 0.229 e. The van der Waals surface area contributed by atoms with Crippen LogP contribution in [0.25, 0.3) is 0 Å². The quantitative estimate of drug-likeness (QED) is 0.445. The van der Waals surface area contributed by atoms with Gasteiger partial charge in [-0.25, -0.2) is 4.98 Å². The average molecular weight is 682 g/mol. The van der Waals surface area contributed by atoms with Crippen molar-refractivity contribution in [1.29, 1.82) is 0 Å². The SMILES string of the molecule is OC1CCN(c2nc(C(Br)(Br)Br)nc(C(Br)(Br)Br)n2)CC1. The fourth-order valence-electron chi connectivity index (χ4n) is 1.83. The van der Waals surface area contributed by atoms with Gasteiger partial charge in [0.05, 0.1) is 6.10 Å². The normalized spacial score (nSPS) is 18.1. The minimum atomic E-state index is -0.729. The van der Waals surface area contributed by atoms with Crippen LogP contribution in [0, 0.1) is 0 Å². The lowest BCUT2D eigenvalue weighted by atomic mass is 10.1. The molecule has 2 rings (SSSR count). The topological polar surface area (TPSA) is 62.1 Å². The number of piperidine rings is 1. The van der Waals surface area contributed by atoms with Crippen molar-refractivity contribution in [3.8, 4) is 0 Å². The maximum absolute atomic E-state index is 9.62. The first-order chi connectivity index (χ1) is 9.57. The summed E-state index contributed by atoms with van der Waals surface area (Å²) in [5.74, 6) is 1.57. The molecule has 118 valence electrons. The van der Waals surface area contributed by atoms with Gasteiger partial charge >= 0.3 is 0 Å². The molecule has 0 aliphatic carbocycles. The van der Waals surface area contributed by atoms with Crippen molar-refractivity contribution >= 4 is 102 Å². The van der Waals surface area contributed by atoms with Crippen molar-refractivity contribution in [2.24, 2.45) is 0 Å². The summed E-state index contributed by atoms with van der Waals surface area (Å²) in [4.78, 5) is 15.4. The van der Waals surface area contributed by atoms with Crippen molar-refractivity contribution in [2.45, 2.75) is 23.2 Å². The van der Waals surface area contributed by atoms with Gasteiger partial charge in [-0.2, -0.15) is 9.97 Å². The Balaban J connectivity index is 2.41. The Bertz CT molecular complexity index is 477. The highest BCUT2D eigenvalue weighted by Crippen LogP contribution is 2.46. The summed E-state index contributed by atoms with van der Waals surface area (Å²) in [6.45, 7) is 1.42. The van der Waals surface area contributed by atoms with Crippen LogP contribution in [-0.2, 0) is 4.29 Å². The lowest BCUT2D eigenvalue weighted by molar-refractivity contribution is 0.145. The van der Waals surface area contributed by atoms with E-state index in [1.165, 1.54) is 0 Å². The molecule has 0 bridgehead atoms. The Hall–Kier alpha value is 1.65. The molecule has 2 heterocycles. The molecule has 1 aromatic heterocycles. The van der Waals surface area contributed by atoms with E-state index in [1.54, 1.807) is 0 Å². The molecule has 0 unspecified atom stereocenters. The van der Waals surface area contributed by atoms with Gasteiger partial charge in [-0.3, -0.25) is 0 Å². The van der Waals surface area contributed by atoms with Crippen LogP contribution in [0.4, 0.5) is 5.95 Å². The molecule has 0 radical (unpaired) electrons. The first-order valence-electron chi connectivity index (χ1n) is 5.91. The van der Waals surface area contributed by atoms with Crippen LogP contribution in [-0.4, -0.2) is 39.3 Å². The molecule has 21 heavy (non-hydrogen) atoms. The zero-order valence-corrected chi connectivity index (χ0v) is 19.9. The zero-order valence-electron chi connectivity index (χ0n) is 10.4. The molecule has 1 aliphatic rings. The first-order valence-corrected chi connectivity index (χ1v) is 10.7. The molecular weight excluding hydrogens is 672 g/mol. The molecule has 5 nitrogen and oxygen atoms in total. The third-order valence-electron chi connectivity index (χ3n) is 2.88. The molecule has 0 amide bonds. The monoisotopic (exact) mass is 676 g/mol. The predicted molar refractivity (Wildman–Crippen MR) is 104 cm³/mol. The lowest BCUT2D eigenvalue weighted by Gasteiger charge is -2.30. The number of aromatic nitrogens is 3. The number of rotatable bonds is 1. The van der Waals surface area contributed by atoms with Crippen LogP contribution >= 0.6 is 95.6 Å². The van der Waals surface area contributed by atoms with Gasteiger partial charge in [0.25, 0.3) is 0 Å². The number of hydrogen-bond acceptors (Lipinski definition) is 5. The molecule has 11 heteroatoms. The third-order valence-corrected chi connectivity index (χ3v) is 5.01. The van der Waals surface area contributed by atoms with E-state index in [0.717, 1.165) is 0 Å². The molecule has 1 aromatic rings. The molecule has 1 N–H and O–H groups in total. The van der Waals surface area contributed by atoms with Gasteiger partial charge in [-0.05, 0) is 12.8 Å². The Kier molecular flexibility index (Phi) is 6.57.